The van der Waals surface area contributed by atoms with Crippen LogP contribution in [0.4, 0.5) is 0 Å². The summed E-state index contributed by atoms with van der Waals surface area (Å²) < 4.78 is 27.8. The fourth-order valence-corrected chi connectivity index (χ4v) is 4.66. The Morgan fingerprint density at radius 1 is 1.24 bits per heavy atom. The highest BCUT2D eigenvalue weighted by molar-refractivity contribution is 7.89. The second-order valence-electron chi connectivity index (χ2n) is 5.90. The van der Waals surface area contributed by atoms with E-state index in [-0.39, 0.29) is 0 Å². The molecule has 2 N–H and O–H groups in total. The van der Waals surface area contributed by atoms with Crippen molar-refractivity contribution in [3.05, 3.63) is 29.3 Å². The summed E-state index contributed by atoms with van der Waals surface area (Å²) in [5.74, 6) is 0. The number of benzene rings is 1. The molecule has 0 aliphatic rings. The molecule has 0 aromatic heterocycles. The highest BCUT2D eigenvalue weighted by atomic mass is 32.2. The molecule has 1 rings (SSSR count). The highest BCUT2D eigenvalue weighted by Crippen LogP contribution is 2.29. The summed E-state index contributed by atoms with van der Waals surface area (Å²) in [7, 11) is -3.54. The molecule has 0 bridgehead atoms. The molecule has 4 nitrogen and oxygen atoms in total. The van der Waals surface area contributed by atoms with Gasteiger partial charge in [0.15, 0.2) is 0 Å². The molecule has 1 aromatic carbocycles. The van der Waals surface area contributed by atoms with Gasteiger partial charge >= 0.3 is 0 Å². The molecule has 0 amide bonds. The molecule has 0 aliphatic heterocycles. The van der Waals surface area contributed by atoms with Crippen LogP contribution in [0.2, 0.25) is 0 Å². The summed E-state index contributed by atoms with van der Waals surface area (Å²) in [6.07, 6.45) is 1.45. The van der Waals surface area contributed by atoms with Crippen molar-refractivity contribution in [3.63, 3.8) is 0 Å². The molecule has 0 aliphatic carbocycles. The Balaban J connectivity index is 3.45. The van der Waals surface area contributed by atoms with E-state index in [0.29, 0.717) is 24.4 Å². The third kappa shape index (κ3) is 3.65. The molecule has 0 spiro atoms. The summed E-state index contributed by atoms with van der Waals surface area (Å²) in [5.41, 5.74) is 7.06. The minimum absolute atomic E-state index is 0.313. The van der Waals surface area contributed by atoms with Crippen LogP contribution in [0, 0.1) is 13.8 Å². The lowest BCUT2D eigenvalue weighted by molar-refractivity contribution is 0.206. The van der Waals surface area contributed by atoms with Crippen LogP contribution in [0.15, 0.2) is 23.1 Å². The zero-order valence-corrected chi connectivity index (χ0v) is 14.6. The molecule has 1 unspecified atom stereocenters. The van der Waals surface area contributed by atoms with E-state index >= 15 is 0 Å². The molecule has 0 saturated carbocycles. The fourth-order valence-electron chi connectivity index (χ4n) is 2.41. The number of sulfonamides is 1. The van der Waals surface area contributed by atoms with Gasteiger partial charge in [-0.1, -0.05) is 26.0 Å². The Bertz CT molecular complexity index is 578. The van der Waals surface area contributed by atoms with Crippen LogP contribution >= 0.6 is 0 Å². The van der Waals surface area contributed by atoms with E-state index < -0.39 is 15.6 Å². The molecule has 21 heavy (non-hydrogen) atoms. The van der Waals surface area contributed by atoms with Gasteiger partial charge in [-0.25, -0.2) is 8.42 Å². The number of hydrogen-bond donors (Lipinski definition) is 1. The quantitative estimate of drug-likeness (QED) is 0.842. The molecular formula is C16H28N2O2S. The Hall–Kier alpha value is -0.910. The standard InChI is InChI=1S/C16H28N2O2S/c1-6-10-18(16(5,7-2)12-17)21(19,20)15-11-13(3)8-9-14(15)4/h8-9,11H,6-7,10,12,17H2,1-5H3. The van der Waals surface area contributed by atoms with Crippen molar-refractivity contribution in [2.45, 2.75) is 57.9 Å². The maximum absolute atomic E-state index is 13.1. The summed E-state index contributed by atoms with van der Waals surface area (Å²) in [6.45, 7) is 10.4. The van der Waals surface area contributed by atoms with Crippen molar-refractivity contribution in [2.24, 2.45) is 5.73 Å². The molecule has 0 saturated heterocycles. The first-order valence-corrected chi connectivity index (χ1v) is 8.97. The van der Waals surface area contributed by atoms with E-state index in [1.54, 1.807) is 10.4 Å². The predicted octanol–water partition coefficient (Wildman–Crippen LogP) is 2.83. The first-order chi connectivity index (χ1) is 9.72. The fraction of sp³-hybridized carbons (Fsp3) is 0.625. The van der Waals surface area contributed by atoms with E-state index in [2.05, 4.69) is 0 Å². The van der Waals surface area contributed by atoms with Gasteiger partial charge in [0.25, 0.3) is 0 Å². The summed E-state index contributed by atoms with van der Waals surface area (Å²) in [4.78, 5) is 0.393. The topological polar surface area (TPSA) is 63.4 Å². The smallest absolute Gasteiger partial charge is 0.243 e. The molecule has 1 atom stereocenters. The number of nitrogens with zero attached hydrogens (tertiary/aromatic N) is 1. The van der Waals surface area contributed by atoms with Gasteiger partial charge in [-0.3, -0.25) is 0 Å². The van der Waals surface area contributed by atoms with E-state index in [0.717, 1.165) is 17.5 Å². The van der Waals surface area contributed by atoms with Crippen LogP contribution < -0.4 is 5.73 Å². The van der Waals surface area contributed by atoms with Crippen LogP contribution in [0.25, 0.3) is 0 Å². The van der Waals surface area contributed by atoms with Gasteiger partial charge in [0, 0.05) is 18.6 Å². The van der Waals surface area contributed by atoms with Gasteiger partial charge < -0.3 is 5.73 Å². The van der Waals surface area contributed by atoms with Crippen molar-refractivity contribution >= 4 is 10.0 Å². The van der Waals surface area contributed by atoms with Crippen molar-refractivity contribution in [3.8, 4) is 0 Å². The van der Waals surface area contributed by atoms with Crippen LogP contribution in [0.3, 0.4) is 0 Å². The average Bonchev–Trinajstić information content (AvgIpc) is 2.46. The molecule has 1 aromatic rings. The first kappa shape index (κ1) is 18.1. The van der Waals surface area contributed by atoms with Crippen LogP contribution in [0.5, 0.6) is 0 Å². The second kappa shape index (κ2) is 6.90. The van der Waals surface area contributed by atoms with Crippen molar-refractivity contribution in [2.75, 3.05) is 13.1 Å². The molecule has 120 valence electrons. The van der Waals surface area contributed by atoms with Gasteiger partial charge in [-0.15, -0.1) is 0 Å². The zero-order valence-electron chi connectivity index (χ0n) is 13.8. The molecular weight excluding hydrogens is 284 g/mol. The maximum Gasteiger partial charge on any atom is 0.243 e. The zero-order chi connectivity index (χ0) is 16.3. The van der Waals surface area contributed by atoms with E-state index in [1.807, 2.05) is 46.8 Å². The number of nitrogens with two attached hydrogens (primary N) is 1. The van der Waals surface area contributed by atoms with Gasteiger partial charge in [0.2, 0.25) is 10.0 Å². The molecule has 0 heterocycles. The van der Waals surface area contributed by atoms with Crippen LogP contribution in [0.1, 0.15) is 44.7 Å². The first-order valence-electron chi connectivity index (χ1n) is 7.53. The lowest BCUT2D eigenvalue weighted by Crippen LogP contribution is -2.54. The lowest BCUT2D eigenvalue weighted by Gasteiger charge is -2.39. The normalized spacial score (nSPS) is 15.2. The minimum atomic E-state index is -3.54. The number of rotatable bonds is 7. The van der Waals surface area contributed by atoms with Crippen LogP contribution in [-0.4, -0.2) is 31.4 Å². The van der Waals surface area contributed by atoms with Gasteiger partial charge in [-0.05, 0) is 50.8 Å². The highest BCUT2D eigenvalue weighted by Gasteiger charge is 2.38. The van der Waals surface area contributed by atoms with Crippen molar-refractivity contribution in [1.29, 1.82) is 0 Å². The van der Waals surface area contributed by atoms with E-state index in [1.165, 1.54) is 0 Å². The third-order valence-electron chi connectivity index (χ3n) is 4.14. The largest absolute Gasteiger partial charge is 0.329 e. The molecule has 0 radical (unpaired) electrons. The minimum Gasteiger partial charge on any atom is -0.329 e. The maximum atomic E-state index is 13.1. The number of hydrogen-bond acceptors (Lipinski definition) is 3. The lowest BCUT2D eigenvalue weighted by atomic mass is 9.99. The van der Waals surface area contributed by atoms with Gasteiger partial charge in [0.1, 0.15) is 0 Å². The van der Waals surface area contributed by atoms with Crippen LogP contribution in [-0.2, 0) is 10.0 Å². The van der Waals surface area contributed by atoms with Gasteiger partial charge in [-0.2, -0.15) is 4.31 Å². The Labute approximate surface area is 129 Å². The van der Waals surface area contributed by atoms with E-state index in [4.69, 9.17) is 5.73 Å². The second-order valence-corrected chi connectivity index (χ2v) is 7.73. The SMILES string of the molecule is CCCN(C(C)(CC)CN)S(=O)(=O)c1cc(C)ccc1C. The van der Waals surface area contributed by atoms with Crippen molar-refractivity contribution in [1.82, 2.24) is 4.31 Å². The Morgan fingerprint density at radius 3 is 2.33 bits per heavy atom. The summed E-state index contributed by atoms with van der Waals surface area (Å²) in [6, 6.07) is 5.54. The molecule has 0 fully saturated rings. The van der Waals surface area contributed by atoms with Crippen molar-refractivity contribution < 1.29 is 8.42 Å². The Kier molecular flexibility index (Phi) is 5.96. The third-order valence-corrected chi connectivity index (χ3v) is 6.34. The van der Waals surface area contributed by atoms with Gasteiger partial charge in [0.05, 0.1) is 4.90 Å². The van der Waals surface area contributed by atoms with E-state index in [9.17, 15) is 8.42 Å². The summed E-state index contributed by atoms with van der Waals surface area (Å²) in [5, 5.41) is 0. The Morgan fingerprint density at radius 2 is 1.86 bits per heavy atom. The molecule has 5 heteroatoms. The average molecular weight is 312 g/mol. The number of aryl methyl sites for hydroxylation is 2. The monoisotopic (exact) mass is 312 g/mol. The predicted molar refractivity (Wildman–Crippen MR) is 87.8 cm³/mol. The summed E-state index contributed by atoms with van der Waals surface area (Å²) >= 11 is 0.